The lowest BCUT2D eigenvalue weighted by Crippen LogP contribution is -2.36. The molecule has 3 heteroatoms. The summed E-state index contributed by atoms with van der Waals surface area (Å²) in [5.74, 6) is 1.03. The minimum absolute atomic E-state index is 0.108. The number of Topliss-reactive ketones (excluding diaryl/α,β-unsaturated/α-hetero) is 1. The summed E-state index contributed by atoms with van der Waals surface area (Å²) in [6.45, 7) is 8.03. The number of allylic oxidation sites excluding steroid dienone is 3. The molecule has 3 saturated carbocycles. The Morgan fingerprint density at radius 1 is 1.29 bits per heavy atom. The van der Waals surface area contributed by atoms with E-state index in [9.17, 15) is 15.0 Å². The average Bonchev–Trinajstić information content (AvgIpc) is 2.87. The van der Waals surface area contributed by atoms with Crippen molar-refractivity contribution in [3.63, 3.8) is 0 Å². The lowest BCUT2D eigenvalue weighted by Gasteiger charge is -2.41. The Morgan fingerprint density at radius 2 is 2.04 bits per heavy atom. The molecule has 0 unspecified atom stereocenters. The molecule has 3 fully saturated rings. The van der Waals surface area contributed by atoms with Gasteiger partial charge < -0.3 is 10.2 Å². The highest BCUT2D eigenvalue weighted by atomic mass is 16.3. The molecule has 24 heavy (non-hydrogen) atoms. The maximum Gasteiger partial charge on any atom is 0.133 e. The molecule has 0 aromatic heterocycles. The van der Waals surface area contributed by atoms with Gasteiger partial charge in [0, 0.05) is 12.3 Å². The zero-order valence-corrected chi connectivity index (χ0v) is 14.9. The largest absolute Gasteiger partial charge is 0.393 e. The first-order valence-electron chi connectivity index (χ1n) is 9.28. The summed E-state index contributed by atoms with van der Waals surface area (Å²) in [6, 6.07) is 0. The van der Waals surface area contributed by atoms with E-state index in [1.165, 1.54) is 5.57 Å². The van der Waals surface area contributed by atoms with Gasteiger partial charge in [-0.3, -0.25) is 4.79 Å². The Bertz CT molecular complexity index is 600. The van der Waals surface area contributed by atoms with Gasteiger partial charge in [-0.05, 0) is 67.9 Å². The molecule has 0 aromatic carbocycles. The molecule has 0 bridgehead atoms. The summed E-state index contributed by atoms with van der Waals surface area (Å²) in [5, 5.41) is 19.9. The van der Waals surface area contributed by atoms with E-state index in [2.05, 4.69) is 25.7 Å². The van der Waals surface area contributed by atoms with Crippen LogP contribution in [0.1, 0.15) is 58.8 Å². The predicted octanol–water partition coefficient (Wildman–Crippen LogP) is 3.72. The van der Waals surface area contributed by atoms with Gasteiger partial charge >= 0.3 is 0 Å². The van der Waals surface area contributed by atoms with E-state index in [4.69, 9.17) is 0 Å². The molecule has 3 rings (SSSR count). The third kappa shape index (κ3) is 3.04. The molecule has 3 nitrogen and oxygen atoms in total. The van der Waals surface area contributed by atoms with Crippen LogP contribution >= 0.6 is 0 Å². The Labute approximate surface area is 145 Å². The van der Waals surface area contributed by atoms with Gasteiger partial charge in [0.05, 0.1) is 12.2 Å². The lowest BCUT2D eigenvalue weighted by molar-refractivity contribution is -0.124. The molecule has 0 spiro atoms. The first-order valence-corrected chi connectivity index (χ1v) is 9.28. The fourth-order valence-corrected chi connectivity index (χ4v) is 5.37. The van der Waals surface area contributed by atoms with Gasteiger partial charge in [-0.15, -0.1) is 0 Å². The highest BCUT2D eigenvalue weighted by Crippen LogP contribution is 2.57. The second-order valence-corrected chi connectivity index (χ2v) is 8.22. The van der Waals surface area contributed by atoms with Crippen molar-refractivity contribution < 1.29 is 15.0 Å². The van der Waals surface area contributed by atoms with E-state index < -0.39 is 12.2 Å². The van der Waals surface area contributed by atoms with E-state index in [0.29, 0.717) is 24.5 Å². The van der Waals surface area contributed by atoms with Crippen LogP contribution in [-0.2, 0) is 4.79 Å². The highest BCUT2D eigenvalue weighted by Gasteiger charge is 2.50. The van der Waals surface area contributed by atoms with Crippen molar-refractivity contribution in [2.75, 3.05) is 0 Å². The van der Waals surface area contributed by atoms with E-state index in [1.54, 1.807) is 6.92 Å². The van der Waals surface area contributed by atoms with E-state index in [0.717, 1.165) is 43.3 Å². The molecule has 0 radical (unpaired) electrons. The standard InChI is InChI=1S/C21H30O3/c1-13-16(11-17(23)12-20(13)24)7-6-15-5-4-10-21(3)18(14(2)22)8-9-19(15)21/h6-7,17-20,23-24H,1,4-5,8-12H2,2-3H3/b15-6+,16-7+/t17-,18-,19+,20+,21-/m1/s1. The smallest absolute Gasteiger partial charge is 0.133 e. The van der Waals surface area contributed by atoms with Gasteiger partial charge in [0.2, 0.25) is 0 Å². The number of aliphatic hydroxyl groups excluding tert-OH is 2. The number of hydrogen-bond donors (Lipinski definition) is 2. The molecule has 0 amide bonds. The maximum atomic E-state index is 12.0. The van der Waals surface area contributed by atoms with Gasteiger partial charge in [0.1, 0.15) is 5.78 Å². The van der Waals surface area contributed by atoms with Crippen LogP contribution in [0.15, 0.2) is 35.5 Å². The number of rotatable bonds is 2. The normalized spacial score (nSPS) is 43.2. The molecule has 2 N–H and O–H groups in total. The summed E-state index contributed by atoms with van der Waals surface area (Å²) in [4.78, 5) is 12.0. The molecule has 3 aliphatic rings. The van der Waals surface area contributed by atoms with Gasteiger partial charge in [-0.1, -0.05) is 31.2 Å². The third-order valence-electron chi connectivity index (χ3n) is 6.72. The monoisotopic (exact) mass is 330 g/mol. The molecule has 132 valence electrons. The zero-order chi connectivity index (χ0) is 17.5. The quantitative estimate of drug-likeness (QED) is 0.811. The molecule has 0 heterocycles. The van der Waals surface area contributed by atoms with Crippen molar-refractivity contribution >= 4 is 5.78 Å². The predicted molar refractivity (Wildman–Crippen MR) is 95.4 cm³/mol. The van der Waals surface area contributed by atoms with Crippen molar-refractivity contribution in [3.05, 3.63) is 35.5 Å². The number of hydrogen-bond acceptors (Lipinski definition) is 3. The number of fused-ring (bicyclic) bond motifs is 1. The summed E-state index contributed by atoms with van der Waals surface area (Å²) in [6.07, 6.45) is 9.54. The van der Waals surface area contributed by atoms with Crippen LogP contribution in [0, 0.1) is 17.3 Å². The Morgan fingerprint density at radius 3 is 2.75 bits per heavy atom. The molecule has 3 aliphatic carbocycles. The summed E-state index contributed by atoms with van der Waals surface area (Å²) < 4.78 is 0. The molecule has 5 atom stereocenters. The molecule has 0 aliphatic heterocycles. The summed E-state index contributed by atoms with van der Waals surface area (Å²) in [7, 11) is 0. The van der Waals surface area contributed by atoms with E-state index in [-0.39, 0.29) is 11.3 Å². The average molecular weight is 330 g/mol. The van der Waals surface area contributed by atoms with E-state index >= 15 is 0 Å². The minimum Gasteiger partial charge on any atom is -0.393 e. The van der Waals surface area contributed by atoms with Crippen LogP contribution < -0.4 is 0 Å². The lowest BCUT2D eigenvalue weighted by atomic mass is 9.63. The van der Waals surface area contributed by atoms with Crippen LogP contribution in [0.25, 0.3) is 0 Å². The van der Waals surface area contributed by atoms with Crippen molar-refractivity contribution in [3.8, 4) is 0 Å². The topological polar surface area (TPSA) is 57.5 Å². The van der Waals surface area contributed by atoms with Crippen LogP contribution in [-0.4, -0.2) is 28.2 Å². The van der Waals surface area contributed by atoms with Gasteiger partial charge in [-0.25, -0.2) is 0 Å². The second kappa shape index (κ2) is 6.61. The number of carbonyl (C=O) groups is 1. The first kappa shape index (κ1) is 17.6. The zero-order valence-electron chi connectivity index (χ0n) is 14.9. The fourth-order valence-electron chi connectivity index (χ4n) is 5.37. The Hall–Kier alpha value is -1.19. The number of ketones is 1. The van der Waals surface area contributed by atoms with Crippen molar-refractivity contribution in [1.29, 1.82) is 0 Å². The number of carbonyl (C=O) groups excluding carboxylic acids is 1. The van der Waals surface area contributed by atoms with Crippen molar-refractivity contribution in [1.82, 2.24) is 0 Å². The van der Waals surface area contributed by atoms with Crippen LogP contribution in [0.5, 0.6) is 0 Å². The first-order chi connectivity index (χ1) is 11.3. The van der Waals surface area contributed by atoms with Gasteiger partial charge in [-0.2, -0.15) is 0 Å². The van der Waals surface area contributed by atoms with Crippen LogP contribution in [0.3, 0.4) is 0 Å². The minimum atomic E-state index is -0.636. The van der Waals surface area contributed by atoms with Gasteiger partial charge in [0.25, 0.3) is 0 Å². The molecule has 0 aromatic rings. The summed E-state index contributed by atoms with van der Waals surface area (Å²) >= 11 is 0. The van der Waals surface area contributed by atoms with Crippen LogP contribution in [0.2, 0.25) is 0 Å². The summed E-state index contributed by atoms with van der Waals surface area (Å²) in [5.41, 5.74) is 3.24. The molecular weight excluding hydrogens is 300 g/mol. The van der Waals surface area contributed by atoms with Crippen molar-refractivity contribution in [2.45, 2.75) is 71.0 Å². The fraction of sp³-hybridized carbons (Fsp3) is 0.667. The second-order valence-electron chi connectivity index (χ2n) is 8.22. The maximum absolute atomic E-state index is 12.0. The SMILES string of the molecule is C=C1/C(=C/C=C2\CCC[C@]3(C)[C@@H](C(C)=O)CC[C@@H]23)C[C@@H](O)C[C@@H]1O. The molecular formula is C21H30O3. The van der Waals surface area contributed by atoms with E-state index in [1.807, 2.05) is 0 Å². The van der Waals surface area contributed by atoms with Crippen molar-refractivity contribution in [2.24, 2.45) is 17.3 Å². The number of aliphatic hydroxyl groups is 2. The Kier molecular flexibility index (Phi) is 4.85. The Balaban J connectivity index is 1.84. The highest BCUT2D eigenvalue weighted by molar-refractivity contribution is 5.79. The van der Waals surface area contributed by atoms with Crippen LogP contribution in [0.4, 0.5) is 0 Å². The third-order valence-corrected chi connectivity index (χ3v) is 6.72. The molecule has 0 saturated heterocycles. The van der Waals surface area contributed by atoms with Gasteiger partial charge in [0.15, 0.2) is 0 Å².